The largest absolute Gasteiger partial charge is 0.350 e. The van der Waals surface area contributed by atoms with Crippen molar-refractivity contribution >= 4 is 21.8 Å². The van der Waals surface area contributed by atoms with Gasteiger partial charge in [-0.25, -0.2) is 0 Å². The molecule has 0 aliphatic carbocycles. The molecule has 0 aliphatic rings. The van der Waals surface area contributed by atoms with Crippen LogP contribution in [0.5, 0.6) is 0 Å². The van der Waals surface area contributed by atoms with Crippen LogP contribution in [0.25, 0.3) is 0 Å². The van der Waals surface area contributed by atoms with Crippen LogP contribution in [0.15, 0.2) is 30.3 Å². The Morgan fingerprint density at radius 3 is 1.92 bits per heavy atom. The van der Waals surface area contributed by atoms with E-state index in [0.717, 1.165) is 11.8 Å². The second-order valence-electron chi connectivity index (χ2n) is 6.80. The highest BCUT2D eigenvalue weighted by molar-refractivity contribution is 7.85. The molecule has 0 aromatic heterocycles. The zero-order valence-electron chi connectivity index (χ0n) is 16.5. The second-order valence-corrected chi connectivity index (χ2v) is 8.45. The zero-order chi connectivity index (χ0) is 20.3. The van der Waals surface area contributed by atoms with Crippen LogP contribution in [0.2, 0.25) is 0 Å². The van der Waals surface area contributed by atoms with Crippen LogP contribution in [-0.2, 0) is 30.3 Å². The average molecular weight is 386 g/mol. The number of hydrogen-bond acceptors (Lipinski definition) is 5. The number of carbonyl (C=O) groups is 2. The summed E-state index contributed by atoms with van der Waals surface area (Å²) in [7, 11) is -3.52. The van der Waals surface area contributed by atoms with E-state index in [-0.39, 0.29) is 36.2 Å². The number of ketones is 1. The van der Waals surface area contributed by atoms with E-state index in [0.29, 0.717) is 6.42 Å². The Hall–Kier alpha value is -1.73. The Labute approximate surface area is 157 Å². The van der Waals surface area contributed by atoms with Gasteiger partial charge in [-0.05, 0) is 18.9 Å². The van der Waals surface area contributed by atoms with Crippen LogP contribution in [0.4, 0.5) is 0 Å². The Morgan fingerprint density at radius 2 is 1.54 bits per heavy atom. The van der Waals surface area contributed by atoms with Crippen molar-refractivity contribution in [1.82, 2.24) is 5.32 Å². The third-order valence-electron chi connectivity index (χ3n) is 3.49. The standard InChI is InChI=1S/C14H21NO4S.C5H10O/c1-11(2)14(16)15-13(10-19-20(3,17)18)9-12-7-5-4-6-8-12;1-4(2)5(3)6/h4-8,11,13H,9-10H2,1-3H3,(H,15,16);4H,1-3H3/t13-;/m0./s1. The lowest BCUT2D eigenvalue weighted by molar-refractivity contribution is -0.125. The number of amides is 1. The van der Waals surface area contributed by atoms with Gasteiger partial charge in [0.2, 0.25) is 5.91 Å². The molecule has 1 aromatic rings. The van der Waals surface area contributed by atoms with E-state index in [4.69, 9.17) is 4.18 Å². The fraction of sp³-hybridized carbons (Fsp3) is 0.579. The molecule has 0 spiro atoms. The summed E-state index contributed by atoms with van der Waals surface area (Å²) in [5, 5.41) is 2.81. The molecule has 0 saturated heterocycles. The third-order valence-corrected chi connectivity index (χ3v) is 4.06. The molecule has 1 atom stereocenters. The zero-order valence-corrected chi connectivity index (χ0v) is 17.3. The first kappa shape index (κ1) is 24.3. The van der Waals surface area contributed by atoms with E-state index >= 15 is 0 Å². The number of carbonyl (C=O) groups excluding carboxylic acids is 2. The summed E-state index contributed by atoms with van der Waals surface area (Å²) in [4.78, 5) is 21.9. The van der Waals surface area contributed by atoms with Crippen molar-refractivity contribution < 1.29 is 22.2 Å². The van der Waals surface area contributed by atoms with Crippen molar-refractivity contribution in [2.75, 3.05) is 12.9 Å². The van der Waals surface area contributed by atoms with Crippen molar-refractivity contribution in [3.05, 3.63) is 35.9 Å². The summed E-state index contributed by atoms with van der Waals surface area (Å²) in [6, 6.07) is 9.17. The molecule has 0 fully saturated rings. The van der Waals surface area contributed by atoms with E-state index in [1.165, 1.54) is 0 Å². The first-order chi connectivity index (χ1) is 11.9. The summed E-state index contributed by atoms with van der Waals surface area (Å²) in [6.07, 6.45) is 1.52. The van der Waals surface area contributed by atoms with Gasteiger partial charge in [0.1, 0.15) is 5.78 Å². The van der Waals surface area contributed by atoms with E-state index < -0.39 is 10.1 Å². The lowest BCUT2D eigenvalue weighted by Gasteiger charge is -2.19. The normalized spacial score (nSPS) is 12.3. The van der Waals surface area contributed by atoms with Crippen LogP contribution in [0.3, 0.4) is 0 Å². The van der Waals surface area contributed by atoms with Gasteiger partial charge in [0.15, 0.2) is 0 Å². The molecular formula is C19H31NO5S. The van der Waals surface area contributed by atoms with Crippen molar-refractivity contribution in [3.8, 4) is 0 Å². The first-order valence-corrected chi connectivity index (χ1v) is 10.4. The molecule has 7 heteroatoms. The predicted molar refractivity (Wildman–Crippen MR) is 103 cm³/mol. The molecule has 1 amide bonds. The van der Waals surface area contributed by atoms with E-state index in [9.17, 15) is 18.0 Å². The molecule has 1 rings (SSSR count). The van der Waals surface area contributed by atoms with Crippen LogP contribution in [0, 0.1) is 11.8 Å². The number of benzene rings is 1. The molecule has 0 heterocycles. The maximum Gasteiger partial charge on any atom is 0.264 e. The summed E-state index contributed by atoms with van der Waals surface area (Å²) in [5.41, 5.74) is 1.01. The highest BCUT2D eigenvalue weighted by Crippen LogP contribution is 2.06. The minimum atomic E-state index is -3.52. The smallest absolute Gasteiger partial charge is 0.264 e. The molecule has 0 saturated carbocycles. The molecule has 1 aromatic carbocycles. The van der Waals surface area contributed by atoms with Crippen LogP contribution < -0.4 is 5.32 Å². The monoisotopic (exact) mass is 385 g/mol. The second kappa shape index (κ2) is 11.8. The fourth-order valence-corrected chi connectivity index (χ4v) is 2.04. The Morgan fingerprint density at radius 1 is 1.04 bits per heavy atom. The first-order valence-electron chi connectivity index (χ1n) is 8.61. The predicted octanol–water partition coefficient (Wildman–Crippen LogP) is 2.58. The molecule has 0 aliphatic heterocycles. The summed E-state index contributed by atoms with van der Waals surface area (Å²) in [6.45, 7) is 8.89. The molecule has 0 radical (unpaired) electrons. The lowest BCUT2D eigenvalue weighted by atomic mass is 10.1. The van der Waals surface area contributed by atoms with Gasteiger partial charge in [-0.1, -0.05) is 58.0 Å². The summed E-state index contributed by atoms with van der Waals surface area (Å²) >= 11 is 0. The molecule has 6 nitrogen and oxygen atoms in total. The SMILES string of the molecule is CC(=O)C(C)C.CC(C)C(=O)N[C@H](COS(C)(=O)=O)Cc1ccccc1. The lowest BCUT2D eigenvalue weighted by Crippen LogP contribution is -2.42. The Balaban J connectivity index is 0.000000896. The Kier molecular flexibility index (Phi) is 11.0. The van der Waals surface area contributed by atoms with E-state index in [1.54, 1.807) is 20.8 Å². The minimum absolute atomic E-state index is 0.0633. The molecule has 0 bridgehead atoms. The van der Waals surface area contributed by atoms with Gasteiger partial charge in [0.25, 0.3) is 10.1 Å². The topological polar surface area (TPSA) is 89.5 Å². The van der Waals surface area contributed by atoms with Gasteiger partial charge < -0.3 is 5.32 Å². The third kappa shape index (κ3) is 12.6. The number of Topliss-reactive ketones (excluding diaryl/α,β-unsaturated/α-hetero) is 1. The minimum Gasteiger partial charge on any atom is -0.350 e. The van der Waals surface area contributed by atoms with Crippen LogP contribution in [-0.4, -0.2) is 39.0 Å². The maximum absolute atomic E-state index is 11.8. The molecular weight excluding hydrogens is 354 g/mol. The highest BCUT2D eigenvalue weighted by Gasteiger charge is 2.17. The Bertz CT molecular complexity index is 654. The van der Waals surface area contributed by atoms with Crippen molar-refractivity contribution in [2.24, 2.45) is 11.8 Å². The van der Waals surface area contributed by atoms with Crippen molar-refractivity contribution in [2.45, 2.75) is 47.1 Å². The molecule has 26 heavy (non-hydrogen) atoms. The summed E-state index contributed by atoms with van der Waals surface area (Å²) < 4.78 is 26.9. The molecule has 148 valence electrons. The van der Waals surface area contributed by atoms with Crippen molar-refractivity contribution in [1.29, 1.82) is 0 Å². The van der Waals surface area contributed by atoms with Gasteiger partial charge in [0.05, 0.1) is 18.9 Å². The van der Waals surface area contributed by atoms with Gasteiger partial charge >= 0.3 is 0 Å². The van der Waals surface area contributed by atoms with Gasteiger partial charge in [-0.15, -0.1) is 0 Å². The fourth-order valence-electron chi connectivity index (χ4n) is 1.62. The summed E-state index contributed by atoms with van der Waals surface area (Å²) in [5.74, 6) is 0.189. The van der Waals surface area contributed by atoms with Gasteiger partial charge in [0, 0.05) is 11.8 Å². The number of hydrogen-bond donors (Lipinski definition) is 1. The van der Waals surface area contributed by atoms with E-state index in [2.05, 4.69) is 5.32 Å². The van der Waals surface area contributed by atoms with E-state index in [1.807, 2.05) is 44.2 Å². The van der Waals surface area contributed by atoms with Gasteiger partial charge in [-0.3, -0.25) is 13.8 Å². The maximum atomic E-state index is 11.8. The number of nitrogens with one attached hydrogen (secondary N) is 1. The highest BCUT2D eigenvalue weighted by atomic mass is 32.2. The van der Waals surface area contributed by atoms with Crippen LogP contribution >= 0.6 is 0 Å². The van der Waals surface area contributed by atoms with Gasteiger partial charge in [-0.2, -0.15) is 8.42 Å². The van der Waals surface area contributed by atoms with Crippen LogP contribution in [0.1, 0.15) is 40.2 Å². The average Bonchev–Trinajstić information content (AvgIpc) is 2.53. The van der Waals surface area contributed by atoms with Crippen molar-refractivity contribution in [3.63, 3.8) is 0 Å². The molecule has 1 N–H and O–H groups in total. The quantitative estimate of drug-likeness (QED) is 0.695. The number of rotatable bonds is 8. The molecule has 0 unspecified atom stereocenters.